The number of nitriles is 1. The van der Waals surface area contributed by atoms with Crippen LogP contribution in [0.4, 0.5) is 10.5 Å². The molecule has 2 amide bonds. The number of carbonyl (C=O) groups excluding carboxylic acids is 1. The molecule has 1 aliphatic heterocycles. The lowest BCUT2D eigenvalue weighted by atomic mass is 10.0. The van der Waals surface area contributed by atoms with Crippen molar-refractivity contribution in [3.63, 3.8) is 0 Å². The summed E-state index contributed by atoms with van der Waals surface area (Å²) in [5.41, 5.74) is 1.39. The van der Waals surface area contributed by atoms with E-state index in [2.05, 4.69) is 5.32 Å². The molecule has 2 rings (SSSR count). The van der Waals surface area contributed by atoms with Crippen LogP contribution in [0.15, 0.2) is 18.2 Å². The second-order valence-electron chi connectivity index (χ2n) is 5.39. The van der Waals surface area contributed by atoms with Gasteiger partial charge >= 0.3 is 6.03 Å². The van der Waals surface area contributed by atoms with Gasteiger partial charge in [-0.1, -0.05) is 11.6 Å². The number of carbonyl (C=O) groups is 1. The fourth-order valence-corrected chi connectivity index (χ4v) is 2.65. The first-order chi connectivity index (χ1) is 10.0. The highest BCUT2D eigenvalue weighted by Crippen LogP contribution is 2.23. The molecule has 112 valence electrons. The number of anilines is 1. The molecular formula is C15H19ClN4O. The fourth-order valence-electron chi connectivity index (χ4n) is 2.43. The van der Waals surface area contributed by atoms with Crippen molar-refractivity contribution in [3.05, 3.63) is 28.8 Å². The highest BCUT2D eigenvalue weighted by molar-refractivity contribution is 6.32. The standard InChI is InChI=1S/C15H19ClN4O/c1-19(2)15(21)20-7-5-12(6-8-20)18-13-4-3-11(10-17)14(16)9-13/h3-4,9,12,18H,5-8H2,1-2H3. The van der Waals surface area contributed by atoms with Gasteiger partial charge in [0.05, 0.1) is 10.6 Å². The van der Waals surface area contributed by atoms with E-state index in [1.54, 1.807) is 31.1 Å². The number of nitrogens with zero attached hydrogens (tertiary/aromatic N) is 3. The van der Waals surface area contributed by atoms with Crippen LogP contribution in [0.2, 0.25) is 5.02 Å². The monoisotopic (exact) mass is 306 g/mol. The van der Waals surface area contributed by atoms with Gasteiger partial charge in [-0.05, 0) is 31.0 Å². The topological polar surface area (TPSA) is 59.4 Å². The first-order valence-corrected chi connectivity index (χ1v) is 7.31. The Morgan fingerprint density at radius 1 is 1.43 bits per heavy atom. The molecule has 0 spiro atoms. The molecule has 1 aromatic carbocycles. The number of hydrogen-bond acceptors (Lipinski definition) is 3. The average molecular weight is 307 g/mol. The van der Waals surface area contributed by atoms with Crippen molar-refractivity contribution in [1.82, 2.24) is 9.80 Å². The van der Waals surface area contributed by atoms with E-state index in [1.165, 1.54) is 0 Å². The van der Waals surface area contributed by atoms with Crippen molar-refractivity contribution < 1.29 is 4.79 Å². The molecule has 0 aliphatic carbocycles. The van der Waals surface area contributed by atoms with E-state index in [1.807, 2.05) is 17.0 Å². The Bertz CT molecular complexity index is 559. The number of rotatable bonds is 2. The minimum Gasteiger partial charge on any atom is -0.382 e. The zero-order valence-corrected chi connectivity index (χ0v) is 13.0. The van der Waals surface area contributed by atoms with Gasteiger partial charge in [0.15, 0.2) is 0 Å². The van der Waals surface area contributed by atoms with Crippen LogP contribution in [0.5, 0.6) is 0 Å². The SMILES string of the molecule is CN(C)C(=O)N1CCC(Nc2ccc(C#N)c(Cl)c2)CC1. The lowest BCUT2D eigenvalue weighted by Crippen LogP contribution is -2.46. The summed E-state index contributed by atoms with van der Waals surface area (Å²) in [5, 5.41) is 12.7. The molecule has 1 N–H and O–H groups in total. The summed E-state index contributed by atoms with van der Waals surface area (Å²) in [6.45, 7) is 1.50. The predicted molar refractivity (Wildman–Crippen MR) is 83.5 cm³/mol. The van der Waals surface area contributed by atoms with Crippen LogP contribution in [0, 0.1) is 11.3 Å². The second kappa shape index (κ2) is 6.68. The summed E-state index contributed by atoms with van der Waals surface area (Å²) >= 11 is 6.03. The van der Waals surface area contributed by atoms with Crippen molar-refractivity contribution in [2.45, 2.75) is 18.9 Å². The van der Waals surface area contributed by atoms with Gasteiger partial charge in [-0.15, -0.1) is 0 Å². The van der Waals surface area contributed by atoms with Crippen molar-refractivity contribution in [3.8, 4) is 6.07 Å². The minimum absolute atomic E-state index is 0.0647. The van der Waals surface area contributed by atoms with Gasteiger partial charge in [0, 0.05) is 38.9 Å². The number of likely N-dealkylation sites (tertiary alicyclic amines) is 1. The number of urea groups is 1. The maximum atomic E-state index is 11.9. The molecule has 0 radical (unpaired) electrons. The van der Waals surface area contributed by atoms with Gasteiger partial charge < -0.3 is 15.1 Å². The van der Waals surface area contributed by atoms with Gasteiger partial charge in [-0.2, -0.15) is 5.26 Å². The molecule has 1 fully saturated rings. The number of nitrogens with one attached hydrogen (secondary N) is 1. The molecule has 0 bridgehead atoms. The van der Waals surface area contributed by atoms with E-state index in [-0.39, 0.29) is 6.03 Å². The molecule has 1 aliphatic rings. The Hall–Kier alpha value is -1.93. The molecule has 21 heavy (non-hydrogen) atoms. The lowest BCUT2D eigenvalue weighted by molar-refractivity contribution is 0.158. The Morgan fingerprint density at radius 2 is 2.10 bits per heavy atom. The number of piperidine rings is 1. The third kappa shape index (κ3) is 3.79. The van der Waals surface area contributed by atoms with Crippen LogP contribution in [0.25, 0.3) is 0 Å². The first-order valence-electron chi connectivity index (χ1n) is 6.93. The third-order valence-electron chi connectivity index (χ3n) is 3.61. The maximum absolute atomic E-state index is 11.9. The molecule has 0 atom stereocenters. The molecule has 1 heterocycles. The van der Waals surface area contributed by atoms with E-state index >= 15 is 0 Å². The molecule has 1 aromatic rings. The predicted octanol–water partition coefficient (Wildman–Crippen LogP) is 2.77. The number of halogens is 1. The van der Waals surface area contributed by atoms with Crippen LogP contribution < -0.4 is 5.32 Å². The van der Waals surface area contributed by atoms with Crippen molar-refractivity contribution in [1.29, 1.82) is 5.26 Å². The van der Waals surface area contributed by atoms with Crippen LogP contribution in [0.3, 0.4) is 0 Å². The van der Waals surface area contributed by atoms with Crippen molar-refractivity contribution in [2.24, 2.45) is 0 Å². The zero-order valence-electron chi connectivity index (χ0n) is 12.3. The van der Waals surface area contributed by atoms with Crippen molar-refractivity contribution >= 4 is 23.3 Å². The normalized spacial score (nSPS) is 15.4. The van der Waals surface area contributed by atoms with Gasteiger partial charge in [0.25, 0.3) is 0 Å². The Labute approximate surface area is 130 Å². The van der Waals surface area contributed by atoms with E-state index in [0.717, 1.165) is 31.6 Å². The van der Waals surface area contributed by atoms with E-state index in [4.69, 9.17) is 16.9 Å². The molecule has 5 nitrogen and oxygen atoms in total. The zero-order chi connectivity index (χ0) is 15.4. The summed E-state index contributed by atoms with van der Waals surface area (Å²) in [5.74, 6) is 0. The van der Waals surface area contributed by atoms with E-state index < -0.39 is 0 Å². The van der Waals surface area contributed by atoms with Crippen LogP contribution in [-0.4, -0.2) is 49.1 Å². The number of amides is 2. The minimum atomic E-state index is 0.0647. The summed E-state index contributed by atoms with van der Waals surface area (Å²) in [6, 6.07) is 7.79. The Balaban J connectivity index is 1.91. The van der Waals surface area contributed by atoms with Gasteiger partial charge in [-0.3, -0.25) is 0 Å². The summed E-state index contributed by atoms with van der Waals surface area (Å²) in [7, 11) is 3.54. The van der Waals surface area contributed by atoms with Gasteiger partial charge in [0.1, 0.15) is 6.07 Å². The number of benzene rings is 1. The van der Waals surface area contributed by atoms with Crippen LogP contribution in [0.1, 0.15) is 18.4 Å². The molecule has 0 saturated carbocycles. The molecule has 6 heteroatoms. The van der Waals surface area contributed by atoms with Crippen LogP contribution >= 0.6 is 11.6 Å². The van der Waals surface area contributed by atoms with Crippen molar-refractivity contribution in [2.75, 3.05) is 32.5 Å². The smallest absolute Gasteiger partial charge is 0.319 e. The molecule has 0 aromatic heterocycles. The average Bonchev–Trinajstić information content (AvgIpc) is 2.47. The highest BCUT2D eigenvalue weighted by Gasteiger charge is 2.23. The first kappa shape index (κ1) is 15.5. The molecular weight excluding hydrogens is 288 g/mol. The van der Waals surface area contributed by atoms with E-state index in [9.17, 15) is 4.79 Å². The Kier molecular flexibility index (Phi) is 4.92. The fraction of sp³-hybridized carbons (Fsp3) is 0.467. The van der Waals surface area contributed by atoms with Gasteiger partial charge in [0.2, 0.25) is 0 Å². The highest BCUT2D eigenvalue weighted by atomic mass is 35.5. The van der Waals surface area contributed by atoms with Gasteiger partial charge in [-0.25, -0.2) is 4.79 Å². The quantitative estimate of drug-likeness (QED) is 0.914. The number of hydrogen-bond donors (Lipinski definition) is 1. The lowest BCUT2D eigenvalue weighted by Gasteiger charge is -2.34. The summed E-state index contributed by atoms with van der Waals surface area (Å²) < 4.78 is 0. The Morgan fingerprint density at radius 3 is 2.62 bits per heavy atom. The molecule has 0 unspecified atom stereocenters. The second-order valence-corrected chi connectivity index (χ2v) is 5.80. The third-order valence-corrected chi connectivity index (χ3v) is 3.92. The van der Waals surface area contributed by atoms with E-state index in [0.29, 0.717) is 16.6 Å². The van der Waals surface area contributed by atoms with Crippen LogP contribution in [-0.2, 0) is 0 Å². The summed E-state index contributed by atoms with van der Waals surface area (Å²) in [6.07, 6.45) is 1.80. The largest absolute Gasteiger partial charge is 0.382 e. The summed E-state index contributed by atoms with van der Waals surface area (Å²) in [4.78, 5) is 15.3. The molecule has 1 saturated heterocycles. The maximum Gasteiger partial charge on any atom is 0.319 e.